The fraction of sp³-hybridized carbons (Fsp3) is 0.474. The van der Waals surface area contributed by atoms with Gasteiger partial charge in [-0.3, -0.25) is 24.1 Å². The van der Waals surface area contributed by atoms with Crippen LogP contribution in [0, 0.1) is 29.5 Å². The molecule has 1 aromatic rings. The number of halogens is 1. The molecule has 3 fully saturated rings. The Balaban J connectivity index is 1.34. The average molecular weight is 359 g/mol. The van der Waals surface area contributed by atoms with Crippen LogP contribution in [0.3, 0.4) is 0 Å². The smallest absolute Gasteiger partial charge is 0.326 e. The highest BCUT2D eigenvalue weighted by Crippen LogP contribution is 2.56. The van der Waals surface area contributed by atoms with Gasteiger partial charge in [0, 0.05) is 5.56 Å². The molecule has 2 aliphatic carbocycles. The molecule has 7 heteroatoms. The summed E-state index contributed by atoms with van der Waals surface area (Å²) in [5.74, 6) is -2.37. The van der Waals surface area contributed by atoms with Crippen LogP contribution in [-0.2, 0) is 19.1 Å². The number of nitrogens with zero attached hydrogens (tertiary/aromatic N) is 1. The molecule has 1 aliphatic heterocycles. The monoisotopic (exact) mass is 359 g/mol. The normalized spacial score (nSPS) is 29.2. The summed E-state index contributed by atoms with van der Waals surface area (Å²) in [4.78, 5) is 49.9. The average Bonchev–Trinajstić information content (AvgIpc) is 3.30. The number of ether oxygens (including phenoxy) is 1. The number of rotatable bonds is 5. The summed E-state index contributed by atoms with van der Waals surface area (Å²) in [5.41, 5.74) is 0.221. The molecule has 0 unspecified atom stereocenters. The third kappa shape index (κ3) is 2.71. The molecule has 2 bridgehead atoms. The van der Waals surface area contributed by atoms with E-state index >= 15 is 0 Å². The molecule has 4 rings (SSSR count). The van der Waals surface area contributed by atoms with Crippen molar-refractivity contribution in [1.82, 2.24) is 4.90 Å². The lowest BCUT2D eigenvalue weighted by molar-refractivity contribution is -0.152. The Hall–Kier alpha value is -2.57. The minimum absolute atomic E-state index is 0.221. The fourth-order valence-electron chi connectivity index (χ4n) is 4.67. The van der Waals surface area contributed by atoms with Crippen LogP contribution >= 0.6 is 0 Å². The van der Waals surface area contributed by atoms with E-state index in [4.69, 9.17) is 4.74 Å². The number of imide groups is 1. The lowest BCUT2D eigenvalue weighted by Gasteiger charge is -2.19. The number of likely N-dealkylation sites (tertiary alicyclic amines) is 1. The summed E-state index contributed by atoms with van der Waals surface area (Å²) in [6.45, 7) is -0.973. The van der Waals surface area contributed by atoms with Gasteiger partial charge in [0.1, 0.15) is 12.4 Å². The van der Waals surface area contributed by atoms with E-state index in [1.54, 1.807) is 0 Å². The number of amides is 2. The SMILES string of the molecule is O=C(CN1C(=O)[C@@H]2[C@H]3CC[C@@H](C3)[C@@H]2C1=O)OCC(=O)c1ccc(F)cc1. The van der Waals surface area contributed by atoms with Crippen molar-refractivity contribution in [1.29, 1.82) is 0 Å². The van der Waals surface area contributed by atoms with Crippen LogP contribution in [0.1, 0.15) is 29.6 Å². The Bertz CT molecular complexity index is 762. The number of fused-ring (bicyclic) bond motifs is 5. The predicted molar refractivity (Wildman–Crippen MR) is 86.2 cm³/mol. The van der Waals surface area contributed by atoms with E-state index in [-0.39, 0.29) is 41.0 Å². The van der Waals surface area contributed by atoms with Crippen LogP contribution < -0.4 is 0 Å². The van der Waals surface area contributed by atoms with E-state index in [1.807, 2.05) is 0 Å². The molecule has 26 heavy (non-hydrogen) atoms. The first-order valence-corrected chi connectivity index (χ1v) is 8.75. The van der Waals surface area contributed by atoms with Crippen molar-refractivity contribution < 1.29 is 28.3 Å². The number of hydrogen-bond acceptors (Lipinski definition) is 5. The van der Waals surface area contributed by atoms with E-state index in [1.165, 1.54) is 12.1 Å². The molecule has 0 aromatic heterocycles. The van der Waals surface area contributed by atoms with Gasteiger partial charge in [0.2, 0.25) is 11.8 Å². The van der Waals surface area contributed by atoms with Gasteiger partial charge in [0.25, 0.3) is 0 Å². The molecule has 2 amide bonds. The highest BCUT2D eigenvalue weighted by Gasteiger charge is 2.61. The maximum atomic E-state index is 12.9. The largest absolute Gasteiger partial charge is 0.456 e. The molecule has 6 nitrogen and oxygen atoms in total. The fourth-order valence-corrected chi connectivity index (χ4v) is 4.67. The highest BCUT2D eigenvalue weighted by molar-refractivity contribution is 6.08. The van der Waals surface area contributed by atoms with Gasteiger partial charge in [-0.2, -0.15) is 0 Å². The molecule has 0 N–H and O–H groups in total. The molecule has 1 saturated heterocycles. The van der Waals surface area contributed by atoms with Crippen molar-refractivity contribution in [2.45, 2.75) is 19.3 Å². The van der Waals surface area contributed by atoms with E-state index in [9.17, 15) is 23.6 Å². The predicted octanol–water partition coefficient (Wildman–Crippen LogP) is 1.58. The number of Topliss-reactive ketones (excluding diaryl/α,β-unsaturated/α-hetero) is 1. The first-order chi connectivity index (χ1) is 12.5. The lowest BCUT2D eigenvalue weighted by Crippen LogP contribution is -2.38. The second-order valence-corrected chi connectivity index (χ2v) is 7.24. The van der Waals surface area contributed by atoms with Crippen molar-refractivity contribution in [3.05, 3.63) is 35.6 Å². The Morgan fingerprint density at radius 3 is 2.19 bits per heavy atom. The van der Waals surface area contributed by atoms with E-state index in [0.717, 1.165) is 36.3 Å². The zero-order valence-corrected chi connectivity index (χ0v) is 14.0. The molecular weight excluding hydrogens is 341 g/mol. The standard InChI is InChI=1S/C19H18FNO5/c20-13-5-3-10(4-6-13)14(22)9-26-15(23)8-21-18(24)16-11-1-2-12(7-11)17(16)19(21)25/h3-6,11-12,16-17H,1-2,7-9H2/t11-,12-,16-,17+/m0/s1. The van der Waals surface area contributed by atoms with Gasteiger partial charge >= 0.3 is 5.97 Å². The summed E-state index contributed by atoms with van der Waals surface area (Å²) in [7, 11) is 0. The highest BCUT2D eigenvalue weighted by atomic mass is 19.1. The van der Waals surface area contributed by atoms with Gasteiger partial charge in [-0.05, 0) is 55.4 Å². The summed E-state index contributed by atoms with van der Waals surface area (Å²) in [5, 5.41) is 0. The summed E-state index contributed by atoms with van der Waals surface area (Å²) in [6.07, 6.45) is 2.86. The molecule has 1 heterocycles. The molecular formula is C19H18FNO5. The second-order valence-electron chi connectivity index (χ2n) is 7.24. The number of ketones is 1. The third-order valence-corrected chi connectivity index (χ3v) is 5.84. The van der Waals surface area contributed by atoms with E-state index < -0.39 is 30.7 Å². The van der Waals surface area contributed by atoms with Crippen molar-refractivity contribution in [2.75, 3.05) is 13.2 Å². The van der Waals surface area contributed by atoms with Crippen LogP contribution in [-0.4, -0.2) is 41.6 Å². The van der Waals surface area contributed by atoms with E-state index in [0.29, 0.717) is 0 Å². The summed E-state index contributed by atoms with van der Waals surface area (Å²) in [6, 6.07) is 4.89. The Morgan fingerprint density at radius 2 is 1.62 bits per heavy atom. The number of esters is 1. The van der Waals surface area contributed by atoms with Crippen molar-refractivity contribution in [3.8, 4) is 0 Å². The maximum absolute atomic E-state index is 12.9. The maximum Gasteiger partial charge on any atom is 0.326 e. The van der Waals surface area contributed by atoms with Crippen molar-refractivity contribution >= 4 is 23.6 Å². The van der Waals surface area contributed by atoms with E-state index in [2.05, 4.69) is 0 Å². The molecule has 3 aliphatic rings. The van der Waals surface area contributed by atoms with Crippen LogP contribution in [0.15, 0.2) is 24.3 Å². The van der Waals surface area contributed by atoms with Gasteiger partial charge in [0.15, 0.2) is 12.4 Å². The Kier molecular flexibility index (Phi) is 4.09. The van der Waals surface area contributed by atoms with Gasteiger partial charge in [0.05, 0.1) is 11.8 Å². The van der Waals surface area contributed by atoms with Crippen LogP contribution in [0.5, 0.6) is 0 Å². The van der Waals surface area contributed by atoms with Gasteiger partial charge < -0.3 is 4.74 Å². The quantitative estimate of drug-likeness (QED) is 0.453. The third-order valence-electron chi connectivity index (χ3n) is 5.84. The van der Waals surface area contributed by atoms with Crippen LogP contribution in [0.4, 0.5) is 4.39 Å². The Morgan fingerprint density at radius 1 is 1.04 bits per heavy atom. The van der Waals surface area contributed by atoms with Gasteiger partial charge in [-0.1, -0.05) is 0 Å². The minimum atomic E-state index is -0.797. The number of hydrogen-bond donors (Lipinski definition) is 0. The summed E-state index contributed by atoms with van der Waals surface area (Å²) >= 11 is 0. The summed E-state index contributed by atoms with van der Waals surface area (Å²) < 4.78 is 17.8. The van der Waals surface area contributed by atoms with Crippen LogP contribution in [0.25, 0.3) is 0 Å². The molecule has 4 atom stereocenters. The first kappa shape index (κ1) is 16.9. The Labute approximate surface area is 149 Å². The molecule has 136 valence electrons. The number of benzene rings is 1. The number of carbonyl (C=O) groups is 4. The molecule has 0 spiro atoms. The first-order valence-electron chi connectivity index (χ1n) is 8.75. The second kappa shape index (κ2) is 6.30. The zero-order valence-electron chi connectivity index (χ0n) is 14.0. The van der Waals surface area contributed by atoms with Crippen molar-refractivity contribution in [3.63, 3.8) is 0 Å². The zero-order chi connectivity index (χ0) is 18.4. The minimum Gasteiger partial charge on any atom is -0.456 e. The van der Waals surface area contributed by atoms with Gasteiger partial charge in [-0.15, -0.1) is 0 Å². The van der Waals surface area contributed by atoms with Crippen molar-refractivity contribution in [2.24, 2.45) is 23.7 Å². The number of carbonyl (C=O) groups excluding carboxylic acids is 4. The molecule has 0 radical (unpaired) electrons. The van der Waals surface area contributed by atoms with Gasteiger partial charge in [-0.25, -0.2) is 4.39 Å². The molecule has 2 saturated carbocycles. The topological polar surface area (TPSA) is 80.8 Å². The lowest BCUT2D eigenvalue weighted by atomic mass is 9.81. The van der Waals surface area contributed by atoms with Crippen LogP contribution in [0.2, 0.25) is 0 Å². The molecule has 1 aromatic carbocycles.